The number of pyridine rings is 2. The predicted octanol–water partition coefficient (Wildman–Crippen LogP) is 4.32. The minimum atomic E-state index is -4.40. The molecule has 0 fully saturated rings. The van der Waals surface area contributed by atoms with Gasteiger partial charge in [-0.15, -0.1) is 0 Å². The van der Waals surface area contributed by atoms with Crippen LogP contribution < -0.4 is 4.72 Å². The Balaban J connectivity index is 1.72. The van der Waals surface area contributed by atoms with Crippen LogP contribution in [0.15, 0.2) is 71.9 Å². The molecule has 10 heteroatoms. The molecule has 0 bridgehead atoms. The summed E-state index contributed by atoms with van der Waals surface area (Å²) in [4.78, 5) is 18.1. The van der Waals surface area contributed by atoms with Gasteiger partial charge in [-0.3, -0.25) is 9.71 Å². The van der Waals surface area contributed by atoms with Gasteiger partial charge in [-0.05, 0) is 42.5 Å². The van der Waals surface area contributed by atoms with Gasteiger partial charge < -0.3 is 5.11 Å². The number of fused-ring (bicyclic) bond motifs is 1. The van der Waals surface area contributed by atoms with E-state index in [-0.39, 0.29) is 21.9 Å². The maximum Gasteiger partial charge on any atom is 0.354 e. The monoisotopic (exact) mass is 481 g/mol. The van der Waals surface area contributed by atoms with Crippen LogP contribution in [0.4, 0.5) is 10.1 Å². The zero-order chi connectivity index (χ0) is 23.6. The van der Waals surface area contributed by atoms with Gasteiger partial charge in [-0.25, -0.2) is 22.6 Å². The topological polar surface area (TPSA) is 109 Å². The zero-order valence-electron chi connectivity index (χ0n) is 16.6. The number of hydrogen-bond donors (Lipinski definition) is 2. The fourth-order valence-electron chi connectivity index (χ4n) is 3.00. The highest BCUT2D eigenvalue weighted by Gasteiger charge is 2.25. The summed E-state index contributed by atoms with van der Waals surface area (Å²) < 4.78 is 43.3. The van der Waals surface area contributed by atoms with Gasteiger partial charge >= 0.3 is 5.97 Å². The molecule has 7 nitrogen and oxygen atoms in total. The maximum absolute atomic E-state index is 14.6. The molecule has 0 radical (unpaired) electrons. The van der Waals surface area contributed by atoms with E-state index in [1.165, 1.54) is 42.7 Å². The first-order valence-electron chi connectivity index (χ1n) is 9.32. The lowest BCUT2D eigenvalue weighted by molar-refractivity contribution is 0.0690. The van der Waals surface area contributed by atoms with Crippen LogP contribution in [0.2, 0.25) is 5.02 Å². The van der Waals surface area contributed by atoms with Gasteiger partial charge in [-0.1, -0.05) is 35.6 Å². The molecule has 2 aromatic heterocycles. The molecule has 0 spiro atoms. The molecule has 0 saturated heterocycles. The molecule has 164 valence electrons. The molecule has 0 aliphatic carbocycles. The lowest BCUT2D eigenvalue weighted by Gasteiger charge is -2.12. The molecule has 0 saturated carbocycles. The van der Waals surface area contributed by atoms with E-state index in [0.717, 1.165) is 6.07 Å². The summed E-state index contributed by atoms with van der Waals surface area (Å²) in [5.74, 6) is 3.48. The number of halogens is 2. The zero-order valence-corrected chi connectivity index (χ0v) is 18.2. The number of aromatic nitrogens is 2. The Morgan fingerprint density at radius 3 is 2.55 bits per heavy atom. The molecule has 2 aromatic carbocycles. The van der Waals surface area contributed by atoms with Gasteiger partial charge in [0.15, 0.2) is 0 Å². The second-order valence-electron chi connectivity index (χ2n) is 6.70. The highest BCUT2D eigenvalue weighted by molar-refractivity contribution is 7.93. The first-order valence-corrected chi connectivity index (χ1v) is 11.2. The van der Waals surface area contributed by atoms with Crippen LogP contribution in [-0.4, -0.2) is 29.5 Å². The van der Waals surface area contributed by atoms with E-state index in [0.29, 0.717) is 16.5 Å². The molecule has 2 heterocycles. The summed E-state index contributed by atoms with van der Waals surface area (Å²) in [6, 6.07) is 13.0. The highest BCUT2D eigenvalue weighted by atomic mass is 35.5. The fourth-order valence-corrected chi connectivity index (χ4v) is 4.52. The van der Waals surface area contributed by atoms with Gasteiger partial charge in [0, 0.05) is 28.9 Å². The summed E-state index contributed by atoms with van der Waals surface area (Å²) in [6.45, 7) is 0. The van der Waals surface area contributed by atoms with E-state index >= 15 is 0 Å². The summed E-state index contributed by atoms with van der Waals surface area (Å²) in [5, 5.41) is 9.46. The lowest BCUT2D eigenvalue weighted by atomic mass is 10.1. The number of sulfonamides is 1. The number of rotatable bonds is 4. The first-order chi connectivity index (χ1) is 15.8. The molecule has 2 N–H and O–H groups in total. The standard InChI is InChI=1S/C23H13ClFN3O4S/c24-17-11-12-26-21-16(17)8-9-18(25)22(21)33(31,32)28-19-4-2-1-3-15(19)7-5-14-6-10-20(23(29)30)27-13-14/h1-4,6,8-13,28H,(H,29,30). The van der Waals surface area contributed by atoms with Crippen molar-refractivity contribution in [2.45, 2.75) is 4.90 Å². The average molecular weight is 482 g/mol. The van der Waals surface area contributed by atoms with E-state index < -0.39 is 26.7 Å². The summed E-state index contributed by atoms with van der Waals surface area (Å²) in [6.07, 6.45) is 2.59. The lowest BCUT2D eigenvalue weighted by Crippen LogP contribution is -2.16. The molecule has 33 heavy (non-hydrogen) atoms. The van der Waals surface area contributed by atoms with E-state index in [9.17, 15) is 17.6 Å². The molecule has 4 aromatic rings. The second-order valence-corrected chi connectivity index (χ2v) is 8.73. The van der Waals surface area contributed by atoms with Gasteiger partial charge in [-0.2, -0.15) is 0 Å². The molecular weight excluding hydrogens is 469 g/mol. The third-order valence-corrected chi connectivity index (χ3v) is 6.27. The van der Waals surface area contributed by atoms with Crippen molar-refractivity contribution >= 4 is 44.2 Å². The number of anilines is 1. The first kappa shape index (κ1) is 22.2. The van der Waals surface area contributed by atoms with E-state index in [1.54, 1.807) is 18.2 Å². The van der Waals surface area contributed by atoms with Gasteiger partial charge in [0.1, 0.15) is 16.4 Å². The number of benzene rings is 2. The Bertz CT molecular complexity index is 1560. The number of carboxylic acid groups (broad SMARTS) is 1. The van der Waals surface area contributed by atoms with Crippen molar-refractivity contribution in [3.05, 3.63) is 94.7 Å². The Labute approximate surface area is 192 Å². The summed E-state index contributed by atoms with van der Waals surface area (Å²) >= 11 is 6.11. The number of carboxylic acids is 1. The van der Waals surface area contributed by atoms with Crippen LogP contribution in [0.3, 0.4) is 0 Å². The highest BCUT2D eigenvalue weighted by Crippen LogP contribution is 2.30. The van der Waals surface area contributed by atoms with Crippen LogP contribution in [0.25, 0.3) is 10.9 Å². The number of nitrogens with one attached hydrogen (secondary N) is 1. The van der Waals surface area contributed by atoms with Crippen molar-refractivity contribution in [3.8, 4) is 11.8 Å². The molecule has 4 rings (SSSR count). The number of nitrogens with zero attached hydrogens (tertiary/aromatic N) is 2. The van der Waals surface area contributed by atoms with Crippen molar-refractivity contribution in [1.29, 1.82) is 0 Å². The molecule has 0 aliphatic heterocycles. The SMILES string of the molecule is O=C(O)c1ccc(C#Cc2ccccc2NS(=O)(=O)c2c(F)ccc3c(Cl)ccnc23)cn1. The van der Waals surface area contributed by atoms with Crippen LogP contribution >= 0.6 is 11.6 Å². The average Bonchev–Trinajstić information content (AvgIpc) is 2.78. The molecule has 0 unspecified atom stereocenters. The van der Waals surface area contributed by atoms with Crippen molar-refractivity contribution in [3.63, 3.8) is 0 Å². The maximum atomic E-state index is 14.6. The van der Waals surface area contributed by atoms with E-state index in [1.807, 2.05) is 0 Å². The summed E-state index contributed by atoms with van der Waals surface area (Å²) in [5.41, 5.74) is 0.646. The Morgan fingerprint density at radius 2 is 1.82 bits per heavy atom. The largest absolute Gasteiger partial charge is 0.477 e. The number of carbonyl (C=O) groups is 1. The Morgan fingerprint density at radius 1 is 1.03 bits per heavy atom. The van der Waals surface area contributed by atoms with Crippen molar-refractivity contribution in [2.24, 2.45) is 0 Å². The molecule has 0 amide bonds. The minimum Gasteiger partial charge on any atom is -0.477 e. The smallest absolute Gasteiger partial charge is 0.354 e. The Kier molecular flexibility index (Phi) is 5.96. The van der Waals surface area contributed by atoms with E-state index in [2.05, 4.69) is 26.5 Å². The third kappa shape index (κ3) is 4.62. The van der Waals surface area contributed by atoms with Crippen LogP contribution in [-0.2, 0) is 10.0 Å². The van der Waals surface area contributed by atoms with E-state index in [4.69, 9.17) is 16.7 Å². The van der Waals surface area contributed by atoms with Gasteiger partial charge in [0.2, 0.25) is 0 Å². The fraction of sp³-hybridized carbons (Fsp3) is 0. The number of hydrogen-bond acceptors (Lipinski definition) is 5. The van der Waals surface area contributed by atoms with Crippen LogP contribution in [0.5, 0.6) is 0 Å². The predicted molar refractivity (Wildman–Crippen MR) is 121 cm³/mol. The van der Waals surface area contributed by atoms with Gasteiger partial charge in [0.05, 0.1) is 16.2 Å². The molecule has 0 atom stereocenters. The van der Waals surface area contributed by atoms with Gasteiger partial charge in [0.25, 0.3) is 10.0 Å². The minimum absolute atomic E-state index is 0.0943. The van der Waals surface area contributed by atoms with Crippen LogP contribution in [0.1, 0.15) is 21.6 Å². The Hall–Kier alpha value is -4.00. The van der Waals surface area contributed by atoms with Crippen molar-refractivity contribution in [1.82, 2.24) is 9.97 Å². The number of aromatic carboxylic acids is 1. The quantitative estimate of drug-likeness (QED) is 0.420. The third-order valence-electron chi connectivity index (χ3n) is 4.53. The summed E-state index contributed by atoms with van der Waals surface area (Å²) in [7, 11) is -4.40. The number of para-hydroxylation sites is 1. The molecule has 0 aliphatic rings. The normalized spacial score (nSPS) is 11.0. The second kappa shape index (κ2) is 8.86. The van der Waals surface area contributed by atoms with Crippen LogP contribution in [0, 0.1) is 17.7 Å². The van der Waals surface area contributed by atoms with Crippen molar-refractivity contribution in [2.75, 3.05) is 4.72 Å². The molecular formula is C23H13ClFN3O4S. The van der Waals surface area contributed by atoms with Crippen molar-refractivity contribution < 1.29 is 22.7 Å².